The van der Waals surface area contributed by atoms with Crippen LogP contribution in [0, 0.1) is 0 Å². The molecule has 0 atom stereocenters. The molecule has 0 heterocycles. The van der Waals surface area contributed by atoms with Gasteiger partial charge in [0.05, 0.1) is 0 Å². The minimum absolute atomic E-state index is 1.15. The molecule has 6 aliphatic carbocycles. The average molecular weight is 871 g/mol. The minimum atomic E-state index is -3.00. The van der Waals surface area contributed by atoms with Crippen molar-refractivity contribution in [2.24, 2.45) is 0 Å². The van der Waals surface area contributed by atoms with E-state index in [0.29, 0.717) is 0 Å². The molecule has 1 aromatic rings. The second kappa shape index (κ2) is 18.1. The fraction of sp³-hybridized carbons (Fsp3) is 0.818. The molecule has 47 heavy (non-hydrogen) atoms. The Morgan fingerprint density at radius 2 is 0.702 bits per heavy atom. The van der Waals surface area contributed by atoms with Crippen molar-refractivity contribution in [3.8, 4) is 0 Å². The van der Waals surface area contributed by atoms with Crippen LogP contribution in [0.4, 0.5) is 0 Å². The molecular formula is C44H72SSn2. The van der Waals surface area contributed by atoms with E-state index in [0.717, 1.165) is 11.8 Å². The molecular weight excluding hydrogens is 798 g/mol. The SMILES string of the molecule is [CH](=[C](/Sc1ccccc1)[Sn]([CH]1CCCCC1)([CH]1CCCCC1)[CH]1CCCCC1)/[Sn]([CH]1CCCCC1)([CH]1CCCCC1)[CH]1CCCCC1. The molecule has 6 fully saturated rings. The fourth-order valence-corrected chi connectivity index (χ4v) is 74.3. The zero-order valence-electron chi connectivity index (χ0n) is 30.5. The molecule has 0 saturated heterocycles. The van der Waals surface area contributed by atoms with Crippen LogP contribution in [0.3, 0.4) is 0 Å². The van der Waals surface area contributed by atoms with Gasteiger partial charge in [-0.2, -0.15) is 0 Å². The van der Waals surface area contributed by atoms with Gasteiger partial charge in [0, 0.05) is 0 Å². The number of hydrogen-bond donors (Lipinski definition) is 0. The van der Waals surface area contributed by atoms with Gasteiger partial charge < -0.3 is 0 Å². The molecule has 262 valence electrons. The predicted octanol–water partition coefficient (Wildman–Crippen LogP) is 15.6. The fourth-order valence-electron chi connectivity index (χ4n) is 13.6. The summed E-state index contributed by atoms with van der Waals surface area (Å²) in [4.78, 5) is 1.64. The van der Waals surface area contributed by atoms with Gasteiger partial charge in [-0.25, -0.2) is 0 Å². The maximum absolute atomic E-state index is 3.63. The molecule has 0 nitrogen and oxygen atoms in total. The first-order valence-electron chi connectivity index (χ1n) is 21.8. The summed E-state index contributed by atoms with van der Waals surface area (Å²) >= 11 is -3.38. The molecule has 0 unspecified atom stereocenters. The van der Waals surface area contributed by atoms with Crippen LogP contribution < -0.4 is 0 Å². The van der Waals surface area contributed by atoms with Crippen molar-refractivity contribution < 1.29 is 0 Å². The van der Waals surface area contributed by atoms with Gasteiger partial charge in [0.25, 0.3) is 0 Å². The molecule has 1 aromatic carbocycles. The molecule has 0 N–H and O–H groups in total. The van der Waals surface area contributed by atoms with E-state index in [1.807, 2.05) is 0 Å². The van der Waals surface area contributed by atoms with Crippen LogP contribution in [0.25, 0.3) is 0 Å². The van der Waals surface area contributed by atoms with Gasteiger partial charge in [0.1, 0.15) is 0 Å². The van der Waals surface area contributed by atoms with E-state index in [-0.39, 0.29) is 0 Å². The van der Waals surface area contributed by atoms with Crippen molar-refractivity contribution >= 4 is 48.5 Å². The van der Waals surface area contributed by atoms with E-state index in [4.69, 9.17) is 0 Å². The Balaban J connectivity index is 1.48. The Morgan fingerprint density at radius 3 is 1.02 bits per heavy atom. The van der Waals surface area contributed by atoms with Crippen molar-refractivity contribution in [1.82, 2.24) is 0 Å². The molecule has 6 aliphatic rings. The van der Waals surface area contributed by atoms with E-state index >= 15 is 0 Å². The van der Waals surface area contributed by atoms with Crippen LogP contribution in [0.2, 0.25) is 23.6 Å². The zero-order valence-corrected chi connectivity index (χ0v) is 37.1. The predicted molar refractivity (Wildman–Crippen MR) is 213 cm³/mol. The van der Waals surface area contributed by atoms with Gasteiger partial charge in [-0.3, -0.25) is 0 Å². The van der Waals surface area contributed by atoms with Crippen molar-refractivity contribution in [2.75, 3.05) is 0 Å². The molecule has 7 rings (SSSR count). The first-order valence-corrected chi connectivity index (χ1v) is 35.6. The third-order valence-corrected chi connectivity index (χ3v) is 61.3. The Hall–Kier alpha value is 0.907. The quantitative estimate of drug-likeness (QED) is 0.167. The molecule has 6 saturated carbocycles. The van der Waals surface area contributed by atoms with E-state index in [9.17, 15) is 0 Å². The summed E-state index contributed by atoms with van der Waals surface area (Å²) in [6.07, 6.45) is 47.7. The summed E-state index contributed by atoms with van der Waals surface area (Å²) in [6, 6.07) is 12.2. The van der Waals surface area contributed by atoms with Crippen molar-refractivity contribution in [1.29, 1.82) is 0 Å². The Labute approximate surface area is 304 Å². The van der Waals surface area contributed by atoms with Gasteiger partial charge in [0.2, 0.25) is 0 Å². The van der Waals surface area contributed by atoms with Crippen molar-refractivity contribution in [2.45, 2.75) is 221 Å². The zero-order chi connectivity index (χ0) is 31.8. The van der Waals surface area contributed by atoms with Crippen LogP contribution >= 0.6 is 11.8 Å². The van der Waals surface area contributed by atoms with Gasteiger partial charge in [0.15, 0.2) is 0 Å². The first-order chi connectivity index (χ1) is 23.3. The molecule has 0 spiro atoms. The normalized spacial score (nSPS) is 26.9. The monoisotopic (exact) mass is 872 g/mol. The summed E-state index contributed by atoms with van der Waals surface area (Å²) in [5.41, 5.74) is 0. The third-order valence-electron chi connectivity index (χ3n) is 15.6. The molecule has 0 bridgehead atoms. The van der Waals surface area contributed by atoms with Crippen LogP contribution in [-0.4, -0.2) is 36.8 Å². The summed E-state index contributed by atoms with van der Waals surface area (Å²) in [5.74, 6) is 0. The van der Waals surface area contributed by atoms with Crippen LogP contribution in [-0.2, 0) is 0 Å². The van der Waals surface area contributed by atoms with E-state index < -0.39 is 36.8 Å². The average Bonchev–Trinajstić information content (AvgIpc) is 3.17. The second-order valence-electron chi connectivity index (χ2n) is 17.9. The molecule has 0 radical (unpaired) electrons. The van der Waals surface area contributed by atoms with Crippen LogP contribution in [0.5, 0.6) is 0 Å². The summed E-state index contributed by atoms with van der Waals surface area (Å²) in [7, 11) is 0. The molecule has 0 aromatic heterocycles. The summed E-state index contributed by atoms with van der Waals surface area (Å²) < 4.78 is 12.9. The van der Waals surface area contributed by atoms with Gasteiger partial charge in [-0.1, -0.05) is 0 Å². The number of benzene rings is 1. The third kappa shape index (κ3) is 8.12. The van der Waals surface area contributed by atoms with E-state index in [1.54, 1.807) is 178 Å². The Kier molecular flexibility index (Phi) is 14.0. The van der Waals surface area contributed by atoms with Gasteiger partial charge >= 0.3 is 307 Å². The first kappa shape index (κ1) is 36.3. The standard InChI is InChI=1S/C8H6S.6C6H11.2Sn/c1-2-9-8-6-4-3-5-7-8;6*1-2-4-6-5-3-1;;/h1,3-7H;6*1H,2-6H2;;. The van der Waals surface area contributed by atoms with Gasteiger partial charge in [-0.05, 0) is 0 Å². The topological polar surface area (TPSA) is 0 Å². The molecule has 0 amide bonds. The van der Waals surface area contributed by atoms with Crippen LogP contribution in [0.15, 0.2) is 42.2 Å². The Morgan fingerprint density at radius 1 is 0.404 bits per heavy atom. The number of thioether (sulfide) groups is 1. The second-order valence-corrected chi connectivity index (χ2v) is 47.4. The van der Waals surface area contributed by atoms with E-state index in [1.165, 1.54) is 31.1 Å². The number of rotatable bonds is 10. The molecule has 3 heteroatoms. The summed E-state index contributed by atoms with van der Waals surface area (Å²) in [6.45, 7) is 0. The molecule has 0 aliphatic heterocycles. The van der Waals surface area contributed by atoms with Crippen molar-refractivity contribution in [3.63, 3.8) is 0 Å². The number of hydrogen-bond acceptors (Lipinski definition) is 1. The van der Waals surface area contributed by atoms with Gasteiger partial charge in [-0.15, -0.1) is 0 Å². The summed E-state index contributed by atoms with van der Waals surface area (Å²) in [5, 5.41) is 0. The Bertz CT molecular complexity index is 986. The van der Waals surface area contributed by atoms with E-state index in [2.05, 4.69) is 49.1 Å². The van der Waals surface area contributed by atoms with Crippen LogP contribution in [0.1, 0.15) is 193 Å². The maximum atomic E-state index is 3.63. The van der Waals surface area contributed by atoms with Crippen molar-refractivity contribution in [3.05, 3.63) is 37.3 Å².